The zero-order valence-corrected chi connectivity index (χ0v) is 15.1. The number of aliphatic hydroxyl groups is 1. The lowest BCUT2D eigenvalue weighted by Gasteiger charge is -2.29. The van der Waals surface area contributed by atoms with Gasteiger partial charge in [-0.05, 0) is 23.3 Å². The fourth-order valence-electron chi connectivity index (χ4n) is 3.49. The Morgan fingerprint density at radius 3 is 1.79 bits per heavy atom. The third kappa shape index (κ3) is 3.26. The van der Waals surface area contributed by atoms with Crippen LogP contribution in [0.5, 0.6) is 0 Å². The molecule has 0 saturated heterocycles. The van der Waals surface area contributed by atoms with E-state index in [1.165, 1.54) is 4.90 Å². The van der Waals surface area contributed by atoms with E-state index in [1.54, 1.807) is 36.4 Å². The van der Waals surface area contributed by atoms with Crippen LogP contribution in [0.1, 0.15) is 37.9 Å². The van der Waals surface area contributed by atoms with Crippen LogP contribution in [0, 0.1) is 0 Å². The molecule has 4 heteroatoms. The summed E-state index contributed by atoms with van der Waals surface area (Å²) in [6.07, 6.45) is 2.36. The number of amides is 2. The monoisotopic (exact) mass is 369 g/mol. The molecule has 0 aliphatic carbocycles. The van der Waals surface area contributed by atoms with Crippen LogP contribution in [0.15, 0.2) is 91.0 Å². The second-order valence-corrected chi connectivity index (χ2v) is 6.64. The lowest BCUT2D eigenvalue weighted by molar-refractivity contribution is 0.0428. The van der Waals surface area contributed by atoms with Gasteiger partial charge in [-0.25, -0.2) is 0 Å². The normalized spacial score (nSPS) is 15.7. The van der Waals surface area contributed by atoms with E-state index in [0.29, 0.717) is 16.7 Å². The minimum absolute atomic E-state index is 0.368. The molecular formula is C24H19NO3. The van der Waals surface area contributed by atoms with Gasteiger partial charge in [-0.3, -0.25) is 14.5 Å². The Morgan fingerprint density at radius 2 is 1.21 bits per heavy atom. The van der Waals surface area contributed by atoms with Crippen molar-refractivity contribution in [3.63, 3.8) is 0 Å². The van der Waals surface area contributed by atoms with E-state index in [4.69, 9.17) is 0 Å². The number of hydrogen-bond donors (Lipinski definition) is 1. The summed E-state index contributed by atoms with van der Waals surface area (Å²) < 4.78 is 0. The van der Waals surface area contributed by atoms with Crippen LogP contribution >= 0.6 is 0 Å². The van der Waals surface area contributed by atoms with Crippen molar-refractivity contribution >= 4 is 17.9 Å². The summed E-state index contributed by atoms with van der Waals surface area (Å²) in [5, 5.41) is 11.0. The Bertz CT molecular complexity index is 993. The highest BCUT2D eigenvalue weighted by molar-refractivity contribution is 6.21. The van der Waals surface area contributed by atoms with E-state index in [0.717, 1.165) is 5.56 Å². The van der Waals surface area contributed by atoms with Gasteiger partial charge in [0.05, 0.1) is 23.3 Å². The summed E-state index contributed by atoms with van der Waals surface area (Å²) in [5.74, 6) is -0.775. The standard InChI is InChI=1S/C24H19NO3/c26-21(16-15-17-9-3-1-4-10-17)22(18-11-5-2-6-12-18)25-23(27)19-13-7-8-14-20(19)24(25)28/h1-16,21-22,26H/b16-15+. The number of imide groups is 1. The first-order valence-corrected chi connectivity index (χ1v) is 9.10. The Morgan fingerprint density at radius 1 is 0.714 bits per heavy atom. The molecule has 2 amide bonds. The second-order valence-electron chi connectivity index (χ2n) is 6.64. The van der Waals surface area contributed by atoms with Gasteiger partial charge in [0.25, 0.3) is 11.8 Å². The number of rotatable bonds is 5. The van der Waals surface area contributed by atoms with Crippen molar-refractivity contribution in [1.82, 2.24) is 4.90 Å². The minimum Gasteiger partial charge on any atom is -0.386 e. The molecule has 4 rings (SSSR count). The third-order valence-electron chi connectivity index (χ3n) is 4.85. The molecule has 0 spiro atoms. The number of nitrogens with zero attached hydrogens (tertiary/aromatic N) is 1. The van der Waals surface area contributed by atoms with Gasteiger partial charge in [-0.15, -0.1) is 0 Å². The molecule has 2 atom stereocenters. The van der Waals surface area contributed by atoms with Gasteiger partial charge in [0.15, 0.2) is 0 Å². The Labute approximate surface area is 163 Å². The molecule has 138 valence electrons. The molecule has 1 aliphatic heterocycles. The first kappa shape index (κ1) is 17.9. The quantitative estimate of drug-likeness (QED) is 0.689. The SMILES string of the molecule is O=C1c2ccccc2C(=O)N1C(c1ccccc1)C(O)/C=C/c1ccccc1. The van der Waals surface area contributed by atoms with E-state index in [9.17, 15) is 14.7 Å². The number of carbonyl (C=O) groups excluding carboxylic acids is 2. The molecule has 1 aliphatic rings. The molecule has 28 heavy (non-hydrogen) atoms. The molecule has 3 aromatic carbocycles. The molecule has 0 saturated carbocycles. The van der Waals surface area contributed by atoms with Crippen LogP contribution in [0.3, 0.4) is 0 Å². The van der Waals surface area contributed by atoms with Gasteiger partial charge < -0.3 is 5.11 Å². The lowest BCUT2D eigenvalue weighted by Crippen LogP contribution is -2.39. The summed E-state index contributed by atoms with van der Waals surface area (Å²) >= 11 is 0. The molecular weight excluding hydrogens is 350 g/mol. The molecule has 3 aromatic rings. The summed E-state index contributed by atoms with van der Waals surface area (Å²) in [5.41, 5.74) is 2.36. The van der Waals surface area contributed by atoms with Crippen molar-refractivity contribution in [2.45, 2.75) is 12.1 Å². The van der Waals surface area contributed by atoms with Gasteiger partial charge in [-0.1, -0.05) is 84.9 Å². The molecule has 4 nitrogen and oxygen atoms in total. The molecule has 2 unspecified atom stereocenters. The van der Waals surface area contributed by atoms with Crippen LogP contribution in [0.2, 0.25) is 0 Å². The van der Waals surface area contributed by atoms with Crippen molar-refractivity contribution in [2.75, 3.05) is 0 Å². The van der Waals surface area contributed by atoms with Crippen LogP contribution < -0.4 is 0 Å². The average Bonchev–Trinajstić information content (AvgIpc) is 2.99. The Balaban J connectivity index is 1.72. The minimum atomic E-state index is -1.05. The Hall–Kier alpha value is -3.50. The fraction of sp³-hybridized carbons (Fsp3) is 0.0833. The first-order valence-electron chi connectivity index (χ1n) is 9.10. The first-order chi connectivity index (χ1) is 13.7. The zero-order valence-electron chi connectivity index (χ0n) is 15.1. The van der Waals surface area contributed by atoms with E-state index >= 15 is 0 Å². The maximum absolute atomic E-state index is 13.0. The van der Waals surface area contributed by atoms with Crippen molar-refractivity contribution in [1.29, 1.82) is 0 Å². The van der Waals surface area contributed by atoms with E-state index in [-0.39, 0.29) is 11.8 Å². The maximum atomic E-state index is 13.0. The fourth-order valence-corrected chi connectivity index (χ4v) is 3.49. The predicted octanol–water partition coefficient (Wildman–Crippen LogP) is 4.10. The van der Waals surface area contributed by atoms with Crippen LogP contribution in [-0.4, -0.2) is 27.9 Å². The molecule has 0 aromatic heterocycles. The Kier molecular flexibility index (Phi) is 4.87. The molecule has 0 bridgehead atoms. The third-order valence-corrected chi connectivity index (χ3v) is 4.85. The van der Waals surface area contributed by atoms with Crippen LogP contribution in [0.25, 0.3) is 6.08 Å². The van der Waals surface area contributed by atoms with E-state index in [1.807, 2.05) is 60.7 Å². The molecule has 0 radical (unpaired) electrons. The summed E-state index contributed by atoms with van der Waals surface area (Å²) in [7, 11) is 0. The van der Waals surface area contributed by atoms with E-state index in [2.05, 4.69) is 0 Å². The van der Waals surface area contributed by atoms with Crippen LogP contribution in [0.4, 0.5) is 0 Å². The number of fused-ring (bicyclic) bond motifs is 1. The zero-order chi connectivity index (χ0) is 19.5. The number of aliphatic hydroxyl groups excluding tert-OH is 1. The molecule has 1 N–H and O–H groups in total. The maximum Gasteiger partial charge on any atom is 0.262 e. The summed E-state index contributed by atoms with van der Waals surface area (Å²) in [6, 6.07) is 24.6. The van der Waals surface area contributed by atoms with Gasteiger partial charge >= 0.3 is 0 Å². The smallest absolute Gasteiger partial charge is 0.262 e. The van der Waals surface area contributed by atoms with Gasteiger partial charge in [0.1, 0.15) is 0 Å². The molecule has 1 heterocycles. The van der Waals surface area contributed by atoms with Crippen molar-refractivity contribution < 1.29 is 14.7 Å². The highest BCUT2D eigenvalue weighted by atomic mass is 16.3. The van der Waals surface area contributed by atoms with E-state index < -0.39 is 12.1 Å². The predicted molar refractivity (Wildman–Crippen MR) is 108 cm³/mol. The number of carbonyl (C=O) groups is 2. The van der Waals surface area contributed by atoms with Gasteiger partial charge in [0, 0.05) is 0 Å². The number of benzene rings is 3. The second kappa shape index (κ2) is 7.62. The van der Waals surface area contributed by atoms with Crippen molar-refractivity contribution in [2.24, 2.45) is 0 Å². The van der Waals surface area contributed by atoms with Crippen LogP contribution in [-0.2, 0) is 0 Å². The lowest BCUT2D eigenvalue weighted by atomic mass is 9.98. The summed E-state index contributed by atoms with van der Waals surface area (Å²) in [4.78, 5) is 27.1. The van der Waals surface area contributed by atoms with Crippen molar-refractivity contribution in [3.8, 4) is 0 Å². The number of hydrogen-bond acceptors (Lipinski definition) is 3. The molecule has 0 fully saturated rings. The summed E-state index contributed by atoms with van der Waals surface area (Å²) in [6.45, 7) is 0. The van der Waals surface area contributed by atoms with Gasteiger partial charge in [-0.2, -0.15) is 0 Å². The highest BCUT2D eigenvalue weighted by Gasteiger charge is 2.42. The van der Waals surface area contributed by atoms with Gasteiger partial charge in [0.2, 0.25) is 0 Å². The largest absolute Gasteiger partial charge is 0.386 e. The topological polar surface area (TPSA) is 57.6 Å². The highest BCUT2D eigenvalue weighted by Crippen LogP contribution is 2.34. The van der Waals surface area contributed by atoms with Crippen molar-refractivity contribution in [3.05, 3.63) is 113 Å². The average molecular weight is 369 g/mol.